The number of aromatic nitrogens is 1. The maximum Gasteiger partial charge on any atom is 0.305 e. The monoisotopic (exact) mass is 341 g/mol. The summed E-state index contributed by atoms with van der Waals surface area (Å²) < 4.78 is 4.55. The summed E-state index contributed by atoms with van der Waals surface area (Å²) in [6.45, 7) is 5.53. The maximum absolute atomic E-state index is 12.4. The highest BCUT2D eigenvalue weighted by Gasteiger charge is 2.28. The fourth-order valence-electron chi connectivity index (χ4n) is 1.91. The third-order valence-electron chi connectivity index (χ3n) is 3.09. The lowest BCUT2D eigenvalue weighted by atomic mass is 10.0. The second-order valence-corrected chi connectivity index (χ2v) is 6.86. The molecular weight excluding hydrogens is 318 g/mol. The van der Waals surface area contributed by atoms with Gasteiger partial charge in [0.2, 0.25) is 11.8 Å². The Labute approximate surface area is 140 Å². The van der Waals surface area contributed by atoms with E-state index in [1.165, 1.54) is 23.3 Å². The van der Waals surface area contributed by atoms with Crippen LogP contribution in [0.3, 0.4) is 0 Å². The molecule has 1 aromatic rings. The molecule has 2 amide bonds. The first-order valence-electron chi connectivity index (χ1n) is 7.30. The van der Waals surface area contributed by atoms with Crippen LogP contribution in [-0.4, -0.2) is 46.9 Å². The van der Waals surface area contributed by atoms with Crippen LogP contribution in [0.2, 0.25) is 0 Å². The number of ether oxygens (including phenoxy) is 1. The van der Waals surface area contributed by atoms with Gasteiger partial charge in [0.15, 0.2) is 5.13 Å². The van der Waals surface area contributed by atoms with E-state index in [4.69, 9.17) is 0 Å². The topological polar surface area (TPSA) is 88.6 Å². The average molecular weight is 341 g/mol. The van der Waals surface area contributed by atoms with Crippen molar-refractivity contribution in [3.63, 3.8) is 0 Å². The number of carbonyl (C=O) groups is 3. The van der Waals surface area contributed by atoms with Gasteiger partial charge in [0.05, 0.1) is 7.11 Å². The van der Waals surface area contributed by atoms with Gasteiger partial charge in [0.1, 0.15) is 6.54 Å². The van der Waals surface area contributed by atoms with Crippen molar-refractivity contribution in [2.24, 2.45) is 0 Å². The molecule has 1 rings (SSSR count). The fraction of sp³-hybridized carbons (Fsp3) is 0.600. The van der Waals surface area contributed by atoms with Crippen LogP contribution in [0.15, 0.2) is 11.6 Å². The normalized spacial score (nSPS) is 11.0. The van der Waals surface area contributed by atoms with Crippen LogP contribution < -0.4 is 5.32 Å². The van der Waals surface area contributed by atoms with E-state index >= 15 is 0 Å². The van der Waals surface area contributed by atoms with Crippen molar-refractivity contribution in [2.75, 3.05) is 19.0 Å². The number of amides is 2. The highest BCUT2D eigenvalue weighted by Crippen LogP contribution is 2.17. The third kappa shape index (κ3) is 6.77. The lowest BCUT2D eigenvalue weighted by Gasteiger charge is -2.35. The Bertz CT molecular complexity index is 537. The van der Waals surface area contributed by atoms with Crippen LogP contribution >= 0.6 is 11.3 Å². The Balaban J connectivity index is 2.59. The van der Waals surface area contributed by atoms with Crippen LogP contribution in [0, 0.1) is 0 Å². The van der Waals surface area contributed by atoms with E-state index in [0.29, 0.717) is 11.6 Å². The Morgan fingerprint density at radius 3 is 2.52 bits per heavy atom. The number of rotatable bonds is 7. The molecule has 128 valence electrons. The Morgan fingerprint density at radius 1 is 1.30 bits per heavy atom. The summed E-state index contributed by atoms with van der Waals surface area (Å²) in [6.07, 6.45) is 2.37. The summed E-state index contributed by atoms with van der Waals surface area (Å²) in [7, 11) is 1.31. The molecule has 1 heterocycles. The zero-order valence-corrected chi connectivity index (χ0v) is 14.7. The van der Waals surface area contributed by atoms with Crippen molar-refractivity contribution < 1.29 is 19.1 Å². The second kappa shape index (κ2) is 8.61. The molecule has 7 nitrogen and oxygen atoms in total. The fourth-order valence-corrected chi connectivity index (χ4v) is 2.45. The van der Waals surface area contributed by atoms with Crippen LogP contribution in [-0.2, 0) is 19.1 Å². The van der Waals surface area contributed by atoms with Crippen molar-refractivity contribution in [1.82, 2.24) is 9.88 Å². The number of thiazole rings is 1. The molecule has 0 aromatic carbocycles. The molecule has 0 atom stereocenters. The predicted molar refractivity (Wildman–Crippen MR) is 88.1 cm³/mol. The first-order chi connectivity index (χ1) is 10.7. The maximum atomic E-state index is 12.4. The number of hydrogen-bond acceptors (Lipinski definition) is 6. The minimum absolute atomic E-state index is 0.0554. The molecule has 23 heavy (non-hydrogen) atoms. The zero-order chi connectivity index (χ0) is 17.5. The first kappa shape index (κ1) is 19.1. The molecular formula is C15H23N3O4S. The predicted octanol–water partition coefficient (Wildman–Crippen LogP) is 2.05. The average Bonchev–Trinajstić information content (AvgIpc) is 2.95. The molecule has 0 unspecified atom stereocenters. The van der Waals surface area contributed by atoms with Crippen LogP contribution in [0.1, 0.15) is 40.0 Å². The van der Waals surface area contributed by atoms with E-state index in [0.717, 1.165) is 0 Å². The Morgan fingerprint density at radius 2 is 2.00 bits per heavy atom. The van der Waals surface area contributed by atoms with Crippen molar-refractivity contribution in [1.29, 1.82) is 0 Å². The quantitative estimate of drug-likeness (QED) is 0.767. The zero-order valence-electron chi connectivity index (χ0n) is 13.9. The molecule has 0 bridgehead atoms. The van der Waals surface area contributed by atoms with E-state index in [1.54, 1.807) is 11.6 Å². The van der Waals surface area contributed by atoms with Gasteiger partial charge in [-0.25, -0.2) is 4.98 Å². The second-order valence-electron chi connectivity index (χ2n) is 5.97. The van der Waals surface area contributed by atoms with Gasteiger partial charge in [-0.15, -0.1) is 11.3 Å². The number of methoxy groups -OCH3 is 1. The number of anilines is 1. The van der Waals surface area contributed by atoms with Crippen LogP contribution in [0.4, 0.5) is 5.13 Å². The van der Waals surface area contributed by atoms with Crippen LogP contribution in [0.5, 0.6) is 0 Å². The Hall–Kier alpha value is -1.96. The lowest BCUT2D eigenvalue weighted by Crippen LogP contribution is -2.49. The number of hydrogen-bond donors (Lipinski definition) is 1. The van der Waals surface area contributed by atoms with Gasteiger partial charge in [-0.05, 0) is 27.2 Å². The molecule has 0 aliphatic rings. The highest BCUT2D eigenvalue weighted by molar-refractivity contribution is 7.13. The summed E-state index contributed by atoms with van der Waals surface area (Å²) in [5.41, 5.74) is -0.497. The number of nitrogens with one attached hydrogen (secondary N) is 1. The summed E-state index contributed by atoms with van der Waals surface area (Å²) in [4.78, 5) is 41.1. The Kier molecular flexibility index (Phi) is 7.15. The van der Waals surface area contributed by atoms with E-state index in [-0.39, 0.29) is 37.2 Å². The molecule has 0 spiro atoms. The van der Waals surface area contributed by atoms with E-state index in [2.05, 4.69) is 15.0 Å². The van der Waals surface area contributed by atoms with Crippen LogP contribution in [0.25, 0.3) is 0 Å². The molecule has 0 aliphatic heterocycles. The van der Waals surface area contributed by atoms with E-state index < -0.39 is 5.54 Å². The third-order valence-corrected chi connectivity index (χ3v) is 3.78. The van der Waals surface area contributed by atoms with Gasteiger partial charge in [-0.3, -0.25) is 14.4 Å². The summed E-state index contributed by atoms with van der Waals surface area (Å²) in [5, 5.41) is 4.92. The van der Waals surface area contributed by atoms with Gasteiger partial charge < -0.3 is 15.0 Å². The van der Waals surface area contributed by atoms with Crippen molar-refractivity contribution in [3.05, 3.63) is 11.6 Å². The minimum atomic E-state index is -0.497. The number of carbonyl (C=O) groups excluding carboxylic acids is 3. The first-order valence-corrected chi connectivity index (χ1v) is 8.18. The molecule has 0 fully saturated rings. The van der Waals surface area contributed by atoms with Gasteiger partial charge >= 0.3 is 5.97 Å². The molecule has 8 heteroatoms. The van der Waals surface area contributed by atoms with Crippen molar-refractivity contribution in [3.8, 4) is 0 Å². The lowest BCUT2D eigenvalue weighted by molar-refractivity contribution is -0.142. The van der Waals surface area contributed by atoms with E-state index in [9.17, 15) is 14.4 Å². The molecule has 1 aromatic heterocycles. The molecule has 0 saturated carbocycles. The van der Waals surface area contributed by atoms with Gasteiger partial charge in [0, 0.05) is 30.0 Å². The van der Waals surface area contributed by atoms with Crippen molar-refractivity contribution in [2.45, 2.75) is 45.6 Å². The number of nitrogens with zero attached hydrogens (tertiary/aromatic N) is 2. The SMILES string of the molecule is COC(=O)CCCC(=O)N(CC(=O)Nc1nccs1)C(C)(C)C. The van der Waals surface area contributed by atoms with Crippen molar-refractivity contribution >= 4 is 34.3 Å². The largest absolute Gasteiger partial charge is 0.469 e. The van der Waals surface area contributed by atoms with E-state index in [1.807, 2.05) is 20.8 Å². The van der Waals surface area contributed by atoms with Gasteiger partial charge in [0.25, 0.3) is 0 Å². The summed E-state index contributed by atoms with van der Waals surface area (Å²) in [5.74, 6) is -0.812. The molecule has 0 radical (unpaired) electrons. The molecule has 0 saturated heterocycles. The minimum Gasteiger partial charge on any atom is -0.469 e. The summed E-state index contributed by atoms with van der Waals surface area (Å²) in [6, 6.07) is 0. The molecule has 1 N–H and O–H groups in total. The standard InChI is InChI=1S/C15H23N3O4S/c1-15(2,3)18(12(20)6-5-7-13(21)22-4)10-11(19)17-14-16-8-9-23-14/h8-9H,5-7,10H2,1-4H3,(H,16,17,19). The van der Waals surface area contributed by atoms with Gasteiger partial charge in [-0.1, -0.05) is 0 Å². The molecule has 0 aliphatic carbocycles. The summed E-state index contributed by atoms with van der Waals surface area (Å²) >= 11 is 1.32. The smallest absolute Gasteiger partial charge is 0.305 e. The number of esters is 1. The van der Waals surface area contributed by atoms with Gasteiger partial charge in [-0.2, -0.15) is 0 Å². The highest BCUT2D eigenvalue weighted by atomic mass is 32.1.